The van der Waals surface area contributed by atoms with Gasteiger partial charge in [-0.25, -0.2) is 0 Å². The lowest BCUT2D eigenvalue weighted by Crippen LogP contribution is -2.53. The van der Waals surface area contributed by atoms with Crippen molar-refractivity contribution in [3.8, 4) is 0 Å². The molecular formula is C28H46O5Si. The summed E-state index contributed by atoms with van der Waals surface area (Å²) < 4.78 is 18.6. The van der Waals surface area contributed by atoms with Gasteiger partial charge in [0.1, 0.15) is 12.2 Å². The maximum atomic E-state index is 12.2. The summed E-state index contributed by atoms with van der Waals surface area (Å²) in [4.78, 5) is 23.9. The predicted octanol–water partition coefficient (Wildman–Crippen LogP) is 6.42. The summed E-state index contributed by atoms with van der Waals surface area (Å²) in [7, 11) is -1.83. The van der Waals surface area contributed by atoms with Crippen molar-refractivity contribution in [3.05, 3.63) is 11.6 Å². The van der Waals surface area contributed by atoms with Gasteiger partial charge in [-0.3, -0.25) is 9.59 Å². The molecule has 0 aromatic heterocycles. The van der Waals surface area contributed by atoms with Crippen molar-refractivity contribution in [1.82, 2.24) is 0 Å². The molecule has 8 atom stereocenters. The molecule has 7 unspecified atom stereocenters. The van der Waals surface area contributed by atoms with Gasteiger partial charge in [-0.1, -0.05) is 33.3 Å². The Morgan fingerprint density at radius 2 is 1.68 bits per heavy atom. The van der Waals surface area contributed by atoms with Crippen LogP contribution in [0.1, 0.15) is 86.5 Å². The molecule has 34 heavy (non-hydrogen) atoms. The highest BCUT2D eigenvalue weighted by Crippen LogP contribution is 2.62. The lowest BCUT2D eigenvalue weighted by molar-refractivity contribution is -0.162. The number of fused-ring (bicyclic) bond motifs is 5. The Bertz CT molecular complexity index is 842. The molecule has 0 heterocycles. The molecule has 4 rings (SSSR count). The van der Waals surface area contributed by atoms with Gasteiger partial charge < -0.3 is 13.9 Å². The molecule has 0 bridgehead atoms. The maximum Gasteiger partial charge on any atom is 0.303 e. The maximum absolute atomic E-state index is 12.2. The quantitative estimate of drug-likeness (QED) is 0.258. The second-order valence-corrected chi connectivity index (χ2v) is 18.0. The van der Waals surface area contributed by atoms with Crippen LogP contribution in [0.25, 0.3) is 0 Å². The van der Waals surface area contributed by atoms with Gasteiger partial charge >= 0.3 is 11.9 Å². The minimum absolute atomic E-state index is 0.0203. The second kappa shape index (κ2) is 9.06. The predicted molar refractivity (Wildman–Crippen MR) is 136 cm³/mol. The molecule has 0 amide bonds. The number of carbonyl (C=O) groups excluding carboxylic acids is 2. The van der Waals surface area contributed by atoms with E-state index < -0.39 is 8.32 Å². The standard InChI is InChI=1S/C28H46O5Si/c1-17(29)31-24-16-19-15-20(33-34(7,8)27(3,4)5)9-10-21(19)22-13-14-28(6)23(26(22)24)11-12-25(28)32-18(2)30/h16,20-26H,9-15H2,1-8H3/t20?,21?,22?,23?,24?,25?,26?,28-/m0/s1. The van der Waals surface area contributed by atoms with Crippen molar-refractivity contribution in [1.29, 1.82) is 0 Å². The lowest BCUT2D eigenvalue weighted by Gasteiger charge is -2.55. The lowest BCUT2D eigenvalue weighted by atomic mass is 9.52. The van der Waals surface area contributed by atoms with Gasteiger partial charge in [0.2, 0.25) is 0 Å². The third-order valence-corrected chi connectivity index (χ3v) is 14.7. The highest BCUT2D eigenvalue weighted by Gasteiger charge is 2.60. The fourth-order valence-corrected chi connectivity index (χ4v) is 8.97. The van der Waals surface area contributed by atoms with Gasteiger partial charge in [0, 0.05) is 31.3 Å². The van der Waals surface area contributed by atoms with E-state index in [1.54, 1.807) is 0 Å². The fourth-order valence-electron chi connectivity index (χ4n) is 7.58. The SMILES string of the molecule is CC(=O)OC1C=C2CC(O[Si](C)(C)C(C)(C)C)CCC2C2CC[C@]3(C)C(OC(C)=O)CCC3C12. The van der Waals surface area contributed by atoms with E-state index in [1.807, 2.05) is 0 Å². The van der Waals surface area contributed by atoms with Crippen molar-refractivity contribution in [2.45, 2.75) is 123 Å². The molecule has 4 aliphatic carbocycles. The Balaban J connectivity index is 1.59. The highest BCUT2D eigenvalue weighted by atomic mass is 28.4. The summed E-state index contributed by atoms with van der Waals surface area (Å²) in [5.41, 5.74) is 1.43. The van der Waals surface area contributed by atoms with E-state index in [9.17, 15) is 9.59 Å². The molecule has 0 aliphatic heterocycles. The molecule has 0 spiro atoms. The minimum atomic E-state index is -1.83. The molecule has 6 heteroatoms. The molecule has 0 aromatic carbocycles. The first-order chi connectivity index (χ1) is 15.7. The van der Waals surface area contributed by atoms with Crippen molar-refractivity contribution < 1.29 is 23.5 Å². The normalized spacial score (nSPS) is 39.9. The number of hydrogen-bond acceptors (Lipinski definition) is 5. The first-order valence-electron chi connectivity index (χ1n) is 13.5. The average molecular weight is 491 g/mol. The number of rotatable bonds is 4. The summed E-state index contributed by atoms with van der Waals surface area (Å²) in [5, 5.41) is 0.199. The van der Waals surface area contributed by atoms with Crippen molar-refractivity contribution in [2.24, 2.45) is 29.1 Å². The van der Waals surface area contributed by atoms with E-state index in [2.05, 4.69) is 46.9 Å². The second-order valence-electron chi connectivity index (χ2n) is 13.3. The molecule has 0 N–H and O–H groups in total. The van der Waals surface area contributed by atoms with Crippen LogP contribution in [-0.2, 0) is 23.5 Å². The molecular weight excluding hydrogens is 444 g/mol. The number of esters is 2. The Morgan fingerprint density at radius 3 is 2.29 bits per heavy atom. The third-order valence-electron chi connectivity index (χ3n) is 10.2. The van der Waals surface area contributed by atoms with E-state index in [-0.39, 0.29) is 40.7 Å². The molecule has 3 saturated carbocycles. The molecule has 192 valence electrons. The Labute approximate surface area is 207 Å². The monoisotopic (exact) mass is 490 g/mol. The first-order valence-corrected chi connectivity index (χ1v) is 16.4. The summed E-state index contributed by atoms with van der Waals surface area (Å²) >= 11 is 0. The van der Waals surface area contributed by atoms with Gasteiger partial charge in [0.25, 0.3) is 0 Å². The summed E-state index contributed by atoms with van der Waals surface area (Å²) in [6.07, 6.45) is 9.78. The van der Waals surface area contributed by atoms with E-state index in [0.717, 1.165) is 44.9 Å². The largest absolute Gasteiger partial charge is 0.462 e. The van der Waals surface area contributed by atoms with Crippen LogP contribution in [0, 0.1) is 29.1 Å². The molecule has 4 aliphatic rings. The zero-order chi connectivity index (χ0) is 25.1. The summed E-state index contributed by atoms with van der Waals surface area (Å²) in [5.74, 6) is 1.44. The zero-order valence-electron chi connectivity index (χ0n) is 22.6. The average Bonchev–Trinajstić information content (AvgIpc) is 3.01. The van der Waals surface area contributed by atoms with E-state index in [1.165, 1.54) is 19.4 Å². The van der Waals surface area contributed by atoms with Gasteiger partial charge in [0.05, 0.1) is 0 Å². The van der Waals surface area contributed by atoms with Crippen LogP contribution in [0.4, 0.5) is 0 Å². The van der Waals surface area contributed by atoms with Gasteiger partial charge in [-0.15, -0.1) is 0 Å². The zero-order valence-corrected chi connectivity index (χ0v) is 23.6. The van der Waals surface area contributed by atoms with Crippen molar-refractivity contribution in [2.75, 3.05) is 0 Å². The fraction of sp³-hybridized carbons (Fsp3) is 0.857. The van der Waals surface area contributed by atoms with E-state index in [4.69, 9.17) is 13.9 Å². The van der Waals surface area contributed by atoms with Crippen LogP contribution in [0.3, 0.4) is 0 Å². The Morgan fingerprint density at radius 1 is 1.00 bits per heavy atom. The first kappa shape index (κ1) is 25.9. The molecule has 0 saturated heterocycles. The summed E-state index contributed by atoms with van der Waals surface area (Å²) in [6.45, 7) is 16.9. The third kappa shape index (κ3) is 4.66. The van der Waals surface area contributed by atoms with E-state index >= 15 is 0 Å². The van der Waals surface area contributed by atoms with Gasteiger partial charge in [0.15, 0.2) is 8.32 Å². The molecule has 0 aromatic rings. The number of hydrogen-bond donors (Lipinski definition) is 0. The Hall–Kier alpha value is -1.14. The van der Waals surface area contributed by atoms with Gasteiger partial charge in [-0.05, 0) is 86.9 Å². The van der Waals surface area contributed by atoms with Crippen LogP contribution in [0.15, 0.2) is 11.6 Å². The van der Waals surface area contributed by atoms with Crippen molar-refractivity contribution >= 4 is 20.3 Å². The smallest absolute Gasteiger partial charge is 0.303 e. The molecule has 5 nitrogen and oxygen atoms in total. The Kier molecular flexibility index (Phi) is 6.91. The summed E-state index contributed by atoms with van der Waals surface area (Å²) in [6, 6.07) is 0. The van der Waals surface area contributed by atoms with Gasteiger partial charge in [-0.2, -0.15) is 0 Å². The van der Waals surface area contributed by atoms with E-state index in [0.29, 0.717) is 23.7 Å². The topological polar surface area (TPSA) is 61.8 Å². The van der Waals surface area contributed by atoms with Crippen LogP contribution in [-0.4, -0.2) is 38.6 Å². The highest BCUT2D eigenvalue weighted by molar-refractivity contribution is 6.74. The molecule has 0 radical (unpaired) electrons. The van der Waals surface area contributed by atoms with Crippen LogP contribution >= 0.6 is 0 Å². The molecule has 3 fully saturated rings. The minimum Gasteiger partial charge on any atom is -0.462 e. The van der Waals surface area contributed by atoms with Crippen molar-refractivity contribution in [3.63, 3.8) is 0 Å². The van der Waals surface area contributed by atoms with Crippen LogP contribution < -0.4 is 0 Å². The number of ether oxygens (including phenoxy) is 2. The number of carbonyl (C=O) groups is 2. The van der Waals surface area contributed by atoms with Crippen LogP contribution in [0.5, 0.6) is 0 Å². The van der Waals surface area contributed by atoms with Crippen LogP contribution in [0.2, 0.25) is 18.1 Å².